The van der Waals surface area contributed by atoms with Gasteiger partial charge in [-0.2, -0.15) is 0 Å². The average Bonchev–Trinajstić information content (AvgIpc) is 3.22. The number of nitrogens with zero attached hydrogens (tertiary/aromatic N) is 2. The van der Waals surface area contributed by atoms with Crippen molar-refractivity contribution in [2.75, 3.05) is 5.32 Å². The summed E-state index contributed by atoms with van der Waals surface area (Å²) in [6.07, 6.45) is 2.61. The smallest absolute Gasteiger partial charge is 0.343 e. The normalized spacial score (nSPS) is 10.9. The third kappa shape index (κ3) is 6.41. The maximum Gasteiger partial charge on any atom is 0.343 e. The molecular weight excluding hydrogens is 474 g/mol. The van der Waals surface area contributed by atoms with Crippen LogP contribution in [0.5, 0.6) is 5.75 Å². The maximum atomic E-state index is 12.3. The molecule has 0 fully saturated rings. The fourth-order valence-electron chi connectivity index (χ4n) is 2.68. The molecule has 3 rings (SSSR count). The van der Waals surface area contributed by atoms with Gasteiger partial charge in [-0.25, -0.2) is 4.79 Å². The number of rotatable bonds is 9. The van der Waals surface area contributed by atoms with Gasteiger partial charge in [0.2, 0.25) is 22.2 Å². The molecule has 2 heterocycles. The van der Waals surface area contributed by atoms with Crippen LogP contribution in [-0.2, 0) is 10.5 Å². The number of halogens is 1. The van der Waals surface area contributed by atoms with Crippen molar-refractivity contribution in [3.8, 4) is 5.75 Å². The lowest BCUT2D eigenvalue weighted by Gasteiger charge is -2.09. The van der Waals surface area contributed by atoms with Crippen LogP contribution in [0.25, 0.3) is 0 Å². The summed E-state index contributed by atoms with van der Waals surface area (Å²) in [6.45, 7) is 3.93. The minimum absolute atomic E-state index is 0.0595. The molecule has 1 N–H and O–H groups in total. The molecule has 0 spiro atoms. The number of thioether (sulfide) groups is 1. The zero-order chi connectivity index (χ0) is 23.1. The molecule has 0 radical (unpaired) electrons. The molecule has 0 bridgehead atoms. The lowest BCUT2D eigenvalue weighted by molar-refractivity contribution is -0.120. The van der Waals surface area contributed by atoms with Crippen LogP contribution in [0.2, 0.25) is 5.02 Å². The Hall–Kier alpha value is -2.69. The van der Waals surface area contributed by atoms with Gasteiger partial charge in [-0.3, -0.25) is 9.59 Å². The Labute approximate surface area is 197 Å². The number of hydrogen-bond acceptors (Lipinski definition) is 9. The van der Waals surface area contributed by atoms with Gasteiger partial charge in [0.15, 0.2) is 4.34 Å². The zero-order valence-corrected chi connectivity index (χ0v) is 19.7. The molecule has 11 heteroatoms. The van der Waals surface area contributed by atoms with Crippen molar-refractivity contribution in [3.63, 3.8) is 0 Å². The number of hydrogen-bond donors (Lipinski definition) is 1. The molecule has 0 saturated heterocycles. The Morgan fingerprint density at radius 1 is 1.25 bits per heavy atom. The standard InChI is InChI=1S/C21H20ClN3O5S2/c1-3-12(4-2)18(27)23-20-24-25-21(32-20)31-11-15-9-16(26)17(10-29-15)30-19(28)13-6-5-7-14(22)8-13/h5-10,12H,3-4,11H2,1-2H3,(H,23,24,27). The molecule has 0 unspecified atom stereocenters. The average molecular weight is 494 g/mol. The molecule has 0 aliphatic carbocycles. The van der Waals surface area contributed by atoms with Gasteiger partial charge in [-0.15, -0.1) is 10.2 Å². The number of anilines is 1. The molecule has 1 amide bonds. The number of nitrogens with one attached hydrogen (secondary N) is 1. The Bertz CT molecular complexity index is 1160. The highest BCUT2D eigenvalue weighted by Crippen LogP contribution is 2.29. The number of carbonyl (C=O) groups excluding carboxylic acids is 2. The largest absolute Gasteiger partial charge is 0.464 e. The van der Waals surface area contributed by atoms with Crippen LogP contribution in [0.4, 0.5) is 5.13 Å². The van der Waals surface area contributed by atoms with Gasteiger partial charge in [0.1, 0.15) is 12.0 Å². The second kappa shape index (κ2) is 11.3. The predicted octanol–water partition coefficient (Wildman–Crippen LogP) is 5.03. The predicted molar refractivity (Wildman–Crippen MR) is 124 cm³/mol. The summed E-state index contributed by atoms with van der Waals surface area (Å²) in [6, 6.07) is 7.47. The first kappa shape index (κ1) is 24.0. The van der Waals surface area contributed by atoms with Crippen molar-refractivity contribution < 1.29 is 18.7 Å². The highest BCUT2D eigenvalue weighted by molar-refractivity contribution is 8.00. The Balaban J connectivity index is 1.57. The van der Waals surface area contributed by atoms with Crippen LogP contribution in [0, 0.1) is 5.92 Å². The molecule has 0 aliphatic heterocycles. The third-order valence-corrected chi connectivity index (χ3v) is 6.68. The Morgan fingerprint density at radius 2 is 2.03 bits per heavy atom. The summed E-state index contributed by atoms with van der Waals surface area (Å²) < 4.78 is 11.1. The van der Waals surface area contributed by atoms with Gasteiger partial charge in [-0.05, 0) is 31.0 Å². The lowest BCUT2D eigenvalue weighted by Crippen LogP contribution is -2.21. The van der Waals surface area contributed by atoms with E-state index in [-0.39, 0.29) is 23.1 Å². The number of benzene rings is 1. The number of ether oxygens (including phenoxy) is 1. The van der Waals surface area contributed by atoms with Crippen LogP contribution < -0.4 is 15.5 Å². The molecule has 168 valence electrons. The highest BCUT2D eigenvalue weighted by Gasteiger charge is 2.17. The minimum Gasteiger partial charge on any atom is -0.464 e. The van der Waals surface area contributed by atoms with Crippen LogP contribution in [0.1, 0.15) is 42.8 Å². The van der Waals surface area contributed by atoms with Crippen LogP contribution in [0.15, 0.2) is 50.1 Å². The van der Waals surface area contributed by atoms with E-state index in [1.54, 1.807) is 12.1 Å². The molecule has 2 aromatic heterocycles. The van der Waals surface area contributed by atoms with E-state index < -0.39 is 11.4 Å². The first-order chi connectivity index (χ1) is 15.4. The van der Waals surface area contributed by atoms with Gasteiger partial charge in [-0.1, -0.05) is 54.6 Å². The number of esters is 1. The first-order valence-corrected chi connectivity index (χ1v) is 11.9. The monoisotopic (exact) mass is 493 g/mol. The topological polar surface area (TPSA) is 111 Å². The SMILES string of the molecule is CCC(CC)C(=O)Nc1nnc(SCc2cc(=O)c(OC(=O)c3cccc(Cl)c3)co2)s1. The maximum absolute atomic E-state index is 12.3. The summed E-state index contributed by atoms with van der Waals surface area (Å²) in [5, 5.41) is 11.6. The molecule has 8 nitrogen and oxygen atoms in total. The van der Waals surface area contributed by atoms with E-state index in [2.05, 4.69) is 15.5 Å². The van der Waals surface area contributed by atoms with E-state index in [1.165, 1.54) is 41.3 Å². The summed E-state index contributed by atoms with van der Waals surface area (Å²) in [4.78, 5) is 36.6. The van der Waals surface area contributed by atoms with Gasteiger partial charge in [0, 0.05) is 17.0 Å². The fourth-order valence-corrected chi connectivity index (χ4v) is 4.52. The van der Waals surface area contributed by atoms with Crippen molar-refractivity contribution in [2.45, 2.75) is 36.8 Å². The van der Waals surface area contributed by atoms with Crippen LogP contribution in [0.3, 0.4) is 0 Å². The molecular formula is C21H20ClN3O5S2. The molecule has 0 atom stereocenters. The Morgan fingerprint density at radius 3 is 2.72 bits per heavy atom. The first-order valence-electron chi connectivity index (χ1n) is 9.76. The fraction of sp³-hybridized carbons (Fsp3) is 0.286. The van der Waals surface area contributed by atoms with Gasteiger partial charge < -0.3 is 14.5 Å². The van der Waals surface area contributed by atoms with Crippen molar-refractivity contribution in [2.24, 2.45) is 5.92 Å². The van der Waals surface area contributed by atoms with Crippen molar-refractivity contribution in [1.82, 2.24) is 10.2 Å². The lowest BCUT2D eigenvalue weighted by atomic mass is 10.0. The van der Waals surface area contributed by atoms with E-state index in [1.807, 2.05) is 13.8 Å². The summed E-state index contributed by atoms with van der Waals surface area (Å²) in [5.41, 5.74) is -0.266. The van der Waals surface area contributed by atoms with Crippen LogP contribution >= 0.6 is 34.7 Å². The molecule has 0 saturated carbocycles. The van der Waals surface area contributed by atoms with E-state index in [0.717, 1.165) is 19.1 Å². The summed E-state index contributed by atoms with van der Waals surface area (Å²) >= 11 is 8.41. The van der Waals surface area contributed by atoms with E-state index >= 15 is 0 Å². The zero-order valence-electron chi connectivity index (χ0n) is 17.3. The van der Waals surface area contributed by atoms with Crippen molar-refractivity contribution >= 4 is 51.7 Å². The summed E-state index contributed by atoms with van der Waals surface area (Å²) in [5.74, 6) is -0.370. The minimum atomic E-state index is -0.709. The quantitative estimate of drug-likeness (QED) is 0.251. The van der Waals surface area contributed by atoms with E-state index in [9.17, 15) is 14.4 Å². The number of amides is 1. The second-order valence-corrected chi connectivity index (χ2v) is 9.28. The Kier molecular flexibility index (Phi) is 8.43. The summed E-state index contributed by atoms with van der Waals surface area (Å²) in [7, 11) is 0. The second-order valence-electron chi connectivity index (χ2n) is 6.64. The van der Waals surface area contributed by atoms with Crippen molar-refractivity contribution in [3.05, 3.63) is 63.2 Å². The van der Waals surface area contributed by atoms with Crippen LogP contribution in [-0.4, -0.2) is 22.1 Å². The van der Waals surface area contributed by atoms with Gasteiger partial charge >= 0.3 is 5.97 Å². The van der Waals surface area contributed by atoms with Gasteiger partial charge in [0.25, 0.3) is 0 Å². The van der Waals surface area contributed by atoms with Gasteiger partial charge in [0.05, 0.1) is 11.3 Å². The van der Waals surface area contributed by atoms with E-state index in [4.69, 9.17) is 20.8 Å². The number of aromatic nitrogens is 2. The molecule has 1 aromatic carbocycles. The molecule has 32 heavy (non-hydrogen) atoms. The third-order valence-electron chi connectivity index (χ3n) is 4.45. The molecule has 0 aliphatic rings. The van der Waals surface area contributed by atoms with Crippen molar-refractivity contribution in [1.29, 1.82) is 0 Å². The number of carbonyl (C=O) groups is 2. The molecule has 3 aromatic rings. The van der Waals surface area contributed by atoms with E-state index in [0.29, 0.717) is 26.0 Å². The highest BCUT2D eigenvalue weighted by atomic mass is 35.5.